The van der Waals surface area contributed by atoms with Gasteiger partial charge in [0.25, 0.3) is 0 Å². The smallest absolute Gasteiger partial charge is 0.123 e. The molecule has 0 atom stereocenters. The highest BCUT2D eigenvalue weighted by Gasteiger charge is 2.03. The standard InChI is InChI=1S/C17H21FN2O/c1-2-20(11-12-21)17-9-7-16(8-10-17)19-13-14-3-5-15(18)6-4-14/h3-10,19,21H,2,11-13H2,1H3. The van der Waals surface area contributed by atoms with Crippen molar-refractivity contribution in [3.63, 3.8) is 0 Å². The molecule has 2 N–H and O–H groups in total. The average Bonchev–Trinajstić information content (AvgIpc) is 2.53. The summed E-state index contributed by atoms with van der Waals surface area (Å²) in [5.74, 6) is -0.216. The fraction of sp³-hybridized carbons (Fsp3) is 0.294. The van der Waals surface area contributed by atoms with Gasteiger partial charge in [-0.3, -0.25) is 0 Å². The van der Waals surface area contributed by atoms with Crippen LogP contribution in [0.5, 0.6) is 0 Å². The molecular formula is C17H21FN2O. The molecule has 0 spiro atoms. The second kappa shape index (κ2) is 7.64. The fourth-order valence-corrected chi connectivity index (χ4v) is 2.19. The lowest BCUT2D eigenvalue weighted by atomic mass is 10.2. The Morgan fingerprint density at radius 2 is 1.71 bits per heavy atom. The SMILES string of the molecule is CCN(CCO)c1ccc(NCc2ccc(F)cc2)cc1. The van der Waals surface area contributed by atoms with E-state index in [1.165, 1.54) is 12.1 Å². The molecule has 0 unspecified atom stereocenters. The summed E-state index contributed by atoms with van der Waals surface area (Å²) in [6, 6.07) is 14.6. The van der Waals surface area contributed by atoms with E-state index < -0.39 is 0 Å². The van der Waals surface area contributed by atoms with Gasteiger partial charge in [0, 0.05) is 31.0 Å². The van der Waals surface area contributed by atoms with Crippen molar-refractivity contribution < 1.29 is 9.50 Å². The number of likely N-dealkylation sites (N-methyl/N-ethyl adjacent to an activating group) is 1. The van der Waals surface area contributed by atoms with Crippen LogP contribution in [0.15, 0.2) is 48.5 Å². The van der Waals surface area contributed by atoms with Crippen LogP contribution in [-0.2, 0) is 6.54 Å². The van der Waals surface area contributed by atoms with Gasteiger partial charge in [-0.25, -0.2) is 4.39 Å². The van der Waals surface area contributed by atoms with Crippen LogP contribution in [-0.4, -0.2) is 24.8 Å². The first kappa shape index (κ1) is 15.3. The normalized spacial score (nSPS) is 10.4. The number of nitrogens with zero attached hydrogens (tertiary/aromatic N) is 1. The van der Waals surface area contributed by atoms with Crippen LogP contribution >= 0.6 is 0 Å². The van der Waals surface area contributed by atoms with Crippen molar-refractivity contribution in [3.05, 3.63) is 59.9 Å². The number of rotatable bonds is 7. The quantitative estimate of drug-likeness (QED) is 0.821. The lowest BCUT2D eigenvalue weighted by Gasteiger charge is -2.22. The summed E-state index contributed by atoms with van der Waals surface area (Å²) in [4.78, 5) is 2.11. The number of aliphatic hydroxyl groups excluding tert-OH is 1. The summed E-state index contributed by atoms with van der Waals surface area (Å²) in [7, 11) is 0. The Morgan fingerprint density at radius 3 is 2.29 bits per heavy atom. The first-order valence-electron chi connectivity index (χ1n) is 7.17. The zero-order chi connectivity index (χ0) is 15.1. The monoisotopic (exact) mass is 288 g/mol. The number of hydrogen-bond acceptors (Lipinski definition) is 3. The fourth-order valence-electron chi connectivity index (χ4n) is 2.19. The molecule has 0 aromatic heterocycles. The molecule has 0 heterocycles. The molecule has 0 saturated heterocycles. The van der Waals surface area contributed by atoms with Gasteiger partial charge in [0.1, 0.15) is 5.82 Å². The van der Waals surface area contributed by atoms with Crippen molar-refractivity contribution in [2.75, 3.05) is 29.9 Å². The largest absolute Gasteiger partial charge is 0.395 e. The van der Waals surface area contributed by atoms with E-state index in [-0.39, 0.29) is 12.4 Å². The Bertz CT molecular complexity index is 540. The van der Waals surface area contributed by atoms with Gasteiger partial charge in [-0.2, -0.15) is 0 Å². The molecule has 112 valence electrons. The maximum Gasteiger partial charge on any atom is 0.123 e. The van der Waals surface area contributed by atoms with Crippen molar-refractivity contribution in [2.24, 2.45) is 0 Å². The Hall–Kier alpha value is -2.07. The first-order valence-corrected chi connectivity index (χ1v) is 7.17. The molecule has 4 heteroatoms. The molecule has 0 fully saturated rings. The third-order valence-electron chi connectivity index (χ3n) is 3.39. The zero-order valence-corrected chi connectivity index (χ0v) is 12.2. The Kier molecular flexibility index (Phi) is 5.58. The summed E-state index contributed by atoms with van der Waals surface area (Å²) in [5.41, 5.74) is 3.15. The molecule has 0 amide bonds. The van der Waals surface area contributed by atoms with E-state index in [0.717, 1.165) is 23.5 Å². The van der Waals surface area contributed by atoms with Crippen LogP contribution in [0.4, 0.5) is 15.8 Å². The molecule has 21 heavy (non-hydrogen) atoms. The molecule has 0 bridgehead atoms. The second-order valence-electron chi connectivity index (χ2n) is 4.83. The Labute approximate surface area is 125 Å². The maximum absolute atomic E-state index is 12.8. The lowest BCUT2D eigenvalue weighted by molar-refractivity contribution is 0.302. The van der Waals surface area contributed by atoms with Gasteiger partial charge in [-0.05, 0) is 48.9 Å². The molecule has 2 aromatic carbocycles. The van der Waals surface area contributed by atoms with Crippen LogP contribution in [0.25, 0.3) is 0 Å². The maximum atomic E-state index is 12.8. The number of anilines is 2. The van der Waals surface area contributed by atoms with Crippen LogP contribution < -0.4 is 10.2 Å². The predicted molar refractivity (Wildman–Crippen MR) is 85.1 cm³/mol. The third-order valence-corrected chi connectivity index (χ3v) is 3.39. The van der Waals surface area contributed by atoms with Crippen molar-refractivity contribution in [3.8, 4) is 0 Å². The number of aliphatic hydroxyl groups is 1. The van der Waals surface area contributed by atoms with E-state index >= 15 is 0 Å². The van der Waals surface area contributed by atoms with Gasteiger partial charge in [0.2, 0.25) is 0 Å². The molecular weight excluding hydrogens is 267 g/mol. The van der Waals surface area contributed by atoms with Crippen LogP contribution in [0.2, 0.25) is 0 Å². The van der Waals surface area contributed by atoms with E-state index in [9.17, 15) is 4.39 Å². The van der Waals surface area contributed by atoms with Crippen molar-refractivity contribution in [1.29, 1.82) is 0 Å². The van der Waals surface area contributed by atoms with E-state index in [1.54, 1.807) is 12.1 Å². The molecule has 0 aliphatic carbocycles. The first-order chi connectivity index (χ1) is 10.2. The van der Waals surface area contributed by atoms with Crippen molar-refractivity contribution >= 4 is 11.4 Å². The van der Waals surface area contributed by atoms with Crippen LogP contribution in [0.3, 0.4) is 0 Å². The van der Waals surface area contributed by atoms with Gasteiger partial charge in [0.15, 0.2) is 0 Å². The molecule has 0 saturated carbocycles. The third kappa shape index (κ3) is 4.46. The summed E-state index contributed by atoms with van der Waals surface area (Å²) in [6.07, 6.45) is 0. The minimum Gasteiger partial charge on any atom is -0.395 e. The van der Waals surface area contributed by atoms with Gasteiger partial charge in [0.05, 0.1) is 6.61 Å². The van der Waals surface area contributed by atoms with Crippen molar-refractivity contribution in [2.45, 2.75) is 13.5 Å². The summed E-state index contributed by atoms with van der Waals surface area (Å²) >= 11 is 0. The Balaban J connectivity index is 1.94. The van der Waals surface area contributed by atoms with E-state index in [0.29, 0.717) is 13.1 Å². The number of benzene rings is 2. The van der Waals surface area contributed by atoms with Gasteiger partial charge >= 0.3 is 0 Å². The van der Waals surface area contributed by atoms with Crippen LogP contribution in [0, 0.1) is 5.82 Å². The van der Waals surface area contributed by atoms with Gasteiger partial charge < -0.3 is 15.3 Å². The second-order valence-corrected chi connectivity index (χ2v) is 4.83. The number of halogens is 1. The van der Waals surface area contributed by atoms with Gasteiger partial charge in [-0.15, -0.1) is 0 Å². The molecule has 0 radical (unpaired) electrons. The highest BCUT2D eigenvalue weighted by atomic mass is 19.1. The van der Waals surface area contributed by atoms with Crippen molar-refractivity contribution in [1.82, 2.24) is 0 Å². The number of hydrogen-bond donors (Lipinski definition) is 2. The van der Waals surface area contributed by atoms with E-state index in [4.69, 9.17) is 5.11 Å². The molecule has 2 aromatic rings. The molecule has 0 aliphatic heterocycles. The summed E-state index contributed by atoms with van der Waals surface area (Å²) < 4.78 is 12.8. The molecule has 3 nitrogen and oxygen atoms in total. The topological polar surface area (TPSA) is 35.5 Å². The zero-order valence-electron chi connectivity index (χ0n) is 12.2. The highest BCUT2D eigenvalue weighted by Crippen LogP contribution is 2.18. The highest BCUT2D eigenvalue weighted by molar-refractivity contribution is 5.55. The molecule has 2 rings (SSSR count). The van der Waals surface area contributed by atoms with Crippen LogP contribution in [0.1, 0.15) is 12.5 Å². The van der Waals surface area contributed by atoms with Gasteiger partial charge in [-0.1, -0.05) is 12.1 Å². The summed E-state index contributed by atoms with van der Waals surface area (Å²) in [5, 5.41) is 12.3. The lowest BCUT2D eigenvalue weighted by Crippen LogP contribution is -2.25. The minimum atomic E-state index is -0.216. The number of nitrogens with one attached hydrogen (secondary N) is 1. The Morgan fingerprint density at radius 1 is 1.05 bits per heavy atom. The average molecular weight is 288 g/mol. The van der Waals surface area contributed by atoms with E-state index in [1.807, 2.05) is 24.3 Å². The summed E-state index contributed by atoms with van der Waals surface area (Å²) in [6.45, 7) is 4.38. The molecule has 0 aliphatic rings. The minimum absolute atomic E-state index is 0.151. The van der Waals surface area contributed by atoms with E-state index in [2.05, 4.69) is 17.1 Å². The predicted octanol–water partition coefficient (Wildman–Crippen LogP) is 3.26.